The molecule has 0 saturated carbocycles. The maximum atomic E-state index is 11.1. The number of nitrogens with one attached hydrogen (secondary N) is 2. The molecule has 0 aliphatic carbocycles. The molecule has 0 aliphatic heterocycles. The van der Waals surface area contributed by atoms with Crippen molar-refractivity contribution in [1.82, 2.24) is 10.6 Å². The van der Waals surface area contributed by atoms with Crippen LogP contribution in [0.2, 0.25) is 0 Å². The highest BCUT2D eigenvalue weighted by Gasteiger charge is 2.00. The molecule has 4 heteroatoms. The Kier molecular flexibility index (Phi) is 5.36. The van der Waals surface area contributed by atoms with E-state index < -0.39 is 0 Å². The van der Waals surface area contributed by atoms with Crippen LogP contribution in [0.1, 0.15) is 12.5 Å². The highest BCUT2D eigenvalue weighted by Crippen LogP contribution is 2.11. The number of hydrogen-bond donors (Lipinski definition) is 2. The predicted molar refractivity (Wildman–Crippen MR) is 63.4 cm³/mol. The summed E-state index contributed by atoms with van der Waals surface area (Å²) in [7, 11) is 1.90. The van der Waals surface area contributed by atoms with Gasteiger partial charge in [-0.05, 0) is 31.7 Å². The summed E-state index contributed by atoms with van der Waals surface area (Å²) >= 11 is 0. The van der Waals surface area contributed by atoms with E-state index >= 15 is 0 Å². The maximum absolute atomic E-state index is 11.1. The number of hydrogen-bond acceptors (Lipinski definition) is 3. The third-order valence-corrected chi connectivity index (χ3v) is 2.05. The van der Waals surface area contributed by atoms with Crippen molar-refractivity contribution in [3.8, 4) is 5.75 Å². The Balaban J connectivity index is 2.40. The van der Waals surface area contributed by atoms with Gasteiger partial charge in [0.15, 0.2) is 6.61 Å². The van der Waals surface area contributed by atoms with Gasteiger partial charge in [0.1, 0.15) is 5.75 Å². The quantitative estimate of drug-likeness (QED) is 0.752. The Morgan fingerprint density at radius 3 is 2.56 bits per heavy atom. The van der Waals surface area contributed by atoms with Crippen LogP contribution >= 0.6 is 0 Å². The minimum Gasteiger partial charge on any atom is -0.484 e. The van der Waals surface area contributed by atoms with Crippen LogP contribution in [0.4, 0.5) is 0 Å². The minimum atomic E-state index is -0.0956. The smallest absolute Gasteiger partial charge is 0.257 e. The zero-order valence-electron chi connectivity index (χ0n) is 9.75. The first kappa shape index (κ1) is 12.5. The van der Waals surface area contributed by atoms with Crippen LogP contribution in [0.3, 0.4) is 0 Å². The number of ether oxygens (including phenoxy) is 1. The first-order chi connectivity index (χ1) is 7.76. The van der Waals surface area contributed by atoms with E-state index in [0.717, 1.165) is 6.54 Å². The van der Waals surface area contributed by atoms with E-state index in [0.29, 0.717) is 12.3 Å². The van der Waals surface area contributed by atoms with Gasteiger partial charge in [0.05, 0.1) is 0 Å². The Morgan fingerprint density at radius 1 is 1.31 bits per heavy atom. The molecular weight excluding hydrogens is 204 g/mol. The van der Waals surface area contributed by atoms with Gasteiger partial charge in [-0.2, -0.15) is 0 Å². The summed E-state index contributed by atoms with van der Waals surface area (Å²) in [5.74, 6) is 0.618. The fourth-order valence-corrected chi connectivity index (χ4v) is 1.30. The molecule has 0 aromatic heterocycles. The second-order valence-electron chi connectivity index (χ2n) is 3.42. The maximum Gasteiger partial charge on any atom is 0.257 e. The monoisotopic (exact) mass is 222 g/mol. The number of benzene rings is 1. The summed E-state index contributed by atoms with van der Waals surface area (Å²) in [5.41, 5.74) is 1.19. The molecule has 0 radical (unpaired) electrons. The fourth-order valence-electron chi connectivity index (χ4n) is 1.30. The summed E-state index contributed by atoms with van der Waals surface area (Å²) in [5, 5.41) is 5.74. The summed E-state index contributed by atoms with van der Waals surface area (Å²) in [6, 6.07) is 7.69. The SMILES string of the molecule is CCNC(=O)COc1ccc(CNC)cc1. The molecule has 0 atom stereocenters. The summed E-state index contributed by atoms with van der Waals surface area (Å²) in [6.07, 6.45) is 0. The molecule has 0 aliphatic rings. The molecule has 1 aromatic rings. The minimum absolute atomic E-state index is 0.0687. The molecule has 0 spiro atoms. The second-order valence-corrected chi connectivity index (χ2v) is 3.42. The van der Waals surface area contributed by atoms with Gasteiger partial charge in [0.2, 0.25) is 0 Å². The van der Waals surface area contributed by atoms with Crippen LogP contribution in [0.5, 0.6) is 5.75 Å². The lowest BCUT2D eigenvalue weighted by Gasteiger charge is -2.06. The van der Waals surface area contributed by atoms with E-state index in [-0.39, 0.29) is 12.5 Å². The Hall–Kier alpha value is -1.55. The molecular formula is C12H18N2O2. The highest BCUT2D eigenvalue weighted by molar-refractivity contribution is 5.77. The largest absolute Gasteiger partial charge is 0.484 e. The zero-order chi connectivity index (χ0) is 11.8. The molecule has 0 unspecified atom stereocenters. The standard InChI is InChI=1S/C12H18N2O2/c1-3-14-12(15)9-16-11-6-4-10(5-7-11)8-13-2/h4-7,13H,3,8-9H2,1-2H3,(H,14,15). The van der Waals surface area contributed by atoms with Gasteiger partial charge >= 0.3 is 0 Å². The van der Waals surface area contributed by atoms with Crippen LogP contribution in [0.15, 0.2) is 24.3 Å². The molecule has 0 heterocycles. The molecule has 0 fully saturated rings. The third-order valence-electron chi connectivity index (χ3n) is 2.05. The van der Waals surface area contributed by atoms with Crippen molar-refractivity contribution in [3.05, 3.63) is 29.8 Å². The van der Waals surface area contributed by atoms with E-state index in [9.17, 15) is 4.79 Å². The van der Waals surface area contributed by atoms with Crippen LogP contribution in [-0.4, -0.2) is 26.1 Å². The van der Waals surface area contributed by atoms with Crippen molar-refractivity contribution >= 4 is 5.91 Å². The zero-order valence-corrected chi connectivity index (χ0v) is 9.75. The number of likely N-dealkylation sites (N-methyl/N-ethyl adjacent to an activating group) is 1. The lowest BCUT2D eigenvalue weighted by molar-refractivity contribution is -0.122. The summed E-state index contributed by atoms with van der Waals surface area (Å²) < 4.78 is 5.32. The Morgan fingerprint density at radius 2 is 2.00 bits per heavy atom. The van der Waals surface area contributed by atoms with Gasteiger partial charge in [-0.1, -0.05) is 12.1 Å². The molecule has 1 aromatic carbocycles. The number of amides is 1. The average molecular weight is 222 g/mol. The van der Waals surface area contributed by atoms with Crippen LogP contribution < -0.4 is 15.4 Å². The molecule has 1 rings (SSSR count). The van der Waals surface area contributed by atoms with E-state index in [1.54, 1.807) is 0 Å². The first-order valence-corrected chi connectivity index (χ1v) is 5.39. The van der Waals surface area contributed by atoms with Crippen molar-refractivity contribution in [2.45, 2.75) is 13.5 Å². The number of carbonyl (C=O) groups excluding carboxylic acids is 1. The van der Waals surface area contributed by atoms with Gasteiger partial charge in [-0.3, -0.25) is 4.79 Å². The molecule has 0 saturated heterocycles. The average Bonchev–Trinajstić information content (AvgIpc) is 2.29. The van der Waals surface area contributed by atoms with Gasteiger partial charge in [-0.15, -0.1) is 0 Å². The molecule has 1 amide bonds. The van der Waals surface area contributed by atoms with Crippen LogP contribution in [0, 0.1) is 0 Å². The van der Waals surface area contributed by atoms with Crippen molar-refractivity contribution in [2.24, 2.45) is 0 Å². The van der Waals surface area contributed by atoms with Gasteiger partial charge in [-0.25, -0.2) is 0 Å². The summed E-state index contributed by atoms with van der Waals surface area (Å²) in [4.78, 5) is 11.1. The van der Waals surface area contributed by atoms with E-state index in [1.165, 1.54) is 5.56 Å². The van der Waals surface area contributed by atoms with Crippen molar-refractivity contribution < 1.29 is 9.53 Å². The molecule has 16 heavy (non-hydrogen) atoms. The van der Waals surface area contributed by atoms with Crippen LogP contribution in [-0.2, 0) is 11.3 Å². The van der Waals surface area contributed by atoms with Gasteiger partial charge < -0.3 is 15.4 Å². The topological polar surface area (TPSA) is 50.4 Å². The number of carbonyl (C=O) groups is 1. The van der Waals surface area contributed by atoms with E-state index in [4.69, 9.17) is 4.74 Å². The van der Waals surface area contributed by atoms with Gasteiger partial charge in [0, 0.05) is 13.1 Å². The second kappa shape index (κ2) is 6.85. The van der Waals surface area contributed by atoms with Crippen molar-refractivity contribution in [3.63, 3.8) is 0 Å². The number of rotatable bonds is 6. The van der Waals surface area contributed by atoms with Crippen molar-refractivity contribution in [1.29, 1.82) is 0 Å². The lowest BCUT2D eigenvalue weighted by Crippen LogP contribution is -2.28. The summed E-state index contributed by atoms with van der Waals surface area (Å²) in [6.45, 7) is 3.41. The molecule has 0 bridgehead atoms. The van der Waals surface area contributed by atoms with Crippen molar-refractivity contribution in [2.75, 3.05) is 20.2 Å². The molecule has 4 nitrogen and oxygen atoms in total. The first-order valence-electron chi connectivity index (χ1n) is 5.39. The highest BCUT2D eigenvalue weighted by atomic mass is 16.5. The van der Waals surface area contributed by atoms with E-state index in [1.807, 2.05) is 38.2 Å². The third kappa shape index (κ3) is 4.31. The fraction of sp³-hybridized carbons (Fsp3) is 0.417. The Bertz CT molecular complexity index is 322. The Labute approximate surface area is 96.0 Å². The van der Waals surface area contributed by atoms with Crippen LogP contribution in [0.25, 0.3) is 0 Å². The molecule has 2 N–H and O–H groups in total. The molecule has 88 valence electrons. The normalized spacial score (nSPS) is 9.88. The van der Waals surface area contributed by atoms with E-state index in [2.05, 4.69) is 10.6 Å². The van der Waals surface area contributed by atoms with Gasteiger partial charge in [0.25, 0.3) is 5.91 Å². The lowest BCUT2D eigenvalue weighted by atomic mass is 10.2. The predicted octanol–water partition coefficient (Wildman–Crippen LogP) is 0.921.